The van der Waals surface area contributed by atoms with Crippen molar-refractivity contribution < 1.29 is 4.79 Å². The van der Waals surface area contributed by atoms with Gasteiger partial charge in [0.15, 0.2) is 5.78 Å². The number of hydrogen-bond acceptors (Lipinski definition) is 3. The molecule has 0 spiro atoms. The zero-order valence-corrected chi connectivity index (χ0v) is 14.1. The molecule has 0 aliphatic heterocycles. The van der Waals surface area contributed by atoms with E-state index in [-0.39, 0.29) is 11.0 Å². The number of aromatic nitrogens is 1. The molecule has 0 radical (unpaired) electrons. The van der Waals surface area contributed by atoms with Crippen LogP contribution in [0.5, 0.6) is 0 Å². The Kier molecular flexibility index (Phi) is 5.00. The van der Waals surface area contributed by atoms with Gasteiger partial charge < -0.3 is 0 Å². The number of carbonyl (C=O) groups excluding carboxylic acids is 1. The maximum Gasteiger partial charge on any atom is 0.175 e. The lowest BCUT2D eigenvalue weighted by Gasteiger charge is -2.11. The molecule has 1 aromatic carbocycles. The van der Waals surface area contributed by atoms with E-state index in [9.17, 15) is 4.79 Å². The number of aryl methyl sites for hydroxylation is 2. The molecule has 104 valence electrons. The number of thioether (sulfide) groups is 1. The zero-order valence-electron chi connectivity index (χ0n) is 11.7. The van der Waals surface area contributed by atoms with E-state index in [2.05, 4.69) is 20.9 Å². The van der Waals surface area contributed by atoms with Gasteiger partial charge in [-0.25, -0.2) is 4.98 Å². The number of rotatable bonds is 4. The second kappa shape index (κ2) is 6.55. The average Bonchev–Trinajstić information content (AvgIpc) is 2.43. The van der Waals surface area contributed by atoms with Crippen molar-refractivity contribution in [2.24, 2.45) is 0 Å². The van der Waals surface area contributed by atoms with Crippen LogP contribution >= 0.6 is 27.7 Å². The van der Waals surface area contributed by atoms with Crippen LogP contribution in [0.15, 0.2) is 46.0 Å². The summed E-state index contributed by atoms with van der Waals surface area (Å²) in [6, 6.07) is 9.65. The first-order valence-corrected chi connectivity index (χ1v) is 8.05. The van der Waals surface area contributed by atoms with Gasteiger partial charge in [0.05, 0.1) is 5.25 Å². The molecule has 20 heavy (non-hydrogen) atoms. The summed E-state index contributed by atoms with van der Waals surface area (Å²) in [6.07, 6.45) is 1.74. The third kappa shape index (κ3) is 3.49. The highest BCUT2D eigenvalue weighted by molar-refractivity contribution is 9.10. The van der Waals surface area contributed by atoms with E-state index in [1.54, 1.807) is 6.20 Å². The van der Waals surface area contributed by atoms with Gasteiger partial charge in [-0.1, -0.05) is 23.9 Å². The van der Waals surface area contributed by atoms with Gasteiger partial charge in [0, 0.05) is 16.2 Å². The van der Waals surface area contributed by atoms with Crippen LogP contribution in [-0.2, 0) is 0 Å². The number of ketones is 1. The number of pyridine rings is 1. The van der Waals surface area contributed by atoms with Gasteiger partial charge in [0.2, 0.25) is 0 Å². The van der Waals surface area contributed by atoms with Crippen LogP contribution in [-0.4, -0.2) is 16.0 Å². The lowest BCUT2D eigenvalue weighted by molar-refractivity contribution is 0.0994. The molecule has 1 atom stereocenters. The van der Waals surface area contributed by atoms with Crippen molar-refractivity contribution >= 4 is 33.5 Å². The summed E-state index contributed by atoms with van der Waals surface area (Å²) in [5.74, 6) is 0.135. The predicted octanol–water partition coefficient (Wildman–Crippen LogP) is 4.82. The Morgan fingerprint density at radius 2 is 2.00 bits per heavy atom. The number of benzene rings is 1. The minimum atomic E-state index is -0.164. The summed E-state index contributed by atoms with van der Waals surface area (Å²) in [5, 5.41) is 0.681. The van der Waals surface area contributed by atoms with Gasteiger partial charge in [0.1, 0.15) is 5.03 Å². The van der Waals surface area contributed by atoms with Crippen LogP contribution in [0.1, 0.15) is 28.4 Å². The molecule has 0 aliphatic rings. The molecule has 4 heteroatoms. The second-order valence-corrected chi connectivity index (χ2v) is 6.90. The van der Waals surface area contributed by atoms with Crippen LogP contribution in [0.2, 0.25) is 0 Å². The van der Waals surface area contributed by atoms with Crippen molar-refractivity contribution in [3.63, 3.8) is 0 Å². The molecule has 0 saturated carbocycles. The molecule has 2 nitrogen and oxygen atoms in total. The van der Waals surface area contributed by atoms with Gasteiger partial charge in [0.25, 0.3) is 0 Å². The first-order chi connectivity index (χ1) is 9.49. The molecule has 0 saturated heterocycles. The summed E-state index contributed by atoms with van der Waals surface area (Å²) in [5.41, 5.74) is 3.11. The largest absolute Gasteiger partial charge is 0.293 e. The Morgan fingerprint density at radius 1 is 1.25 bits per heavy atom. The fraction of sp³-hybridized carbons (Fsp3) is 0.250. The van der Waals surface area contributed by atoms with Crippen LogP contribution in [0, 0.1) is 13.8 Å². The molecule has 0 N–H and O–H groups in total. The molecule has 2 rings (SSSR count). The molecule has 0 aliphatic carbocycles. The van der Waals surface area contributed by atoms with E-state index in [4.69, 9.17) is 0 Å². The fourth-order valence-corrected chi connectivity index (χ4v) is 3.22. The van der Waals surface area contributed by atoms with Crippen molar-refractivity contribution in [3.05, 3.63) is 57.7 Å². The molecular weight excluding hydrogens is 334 g/mol. The molecule has 1 heterocycles. The van der Waals surface area contributed by atoms with Crippen LogP contribution in [0.4, 0.5) is 0 Å². The normalized spacial score (nSPS) is 12.2. The van der Waals surface area contributed by atoms with E-state index >= 15 is 0 Å². The van der Waals surface area contributed by atoms with Crippen molar-refractivity contribution in [1.82, 2.24) is 4.98 Å². The number of hydrogen-bond donors (Lipinski definition) is 0. The Balaban J connectivity index is 2.16. The topological polar surface area (TPSA) is 30.0 Å². The van der Waals surface area contributed by atoms with E-state index in [1.165, 1.54) is 17.3 Å². The van der Waals surface area contributed by atoms with Crippen molar-refractivity contribution in [3.8, 4) is 0 Å². The van der Waals surface area contributed by atoms with Crippen LogP contribution < -0.4 is 0 Å². The SMILES string of the molecule is Cc1ccc(C(=O)C(C)Sc2ncccc2Br)cc1C. The highest BCUT2D eigenvalue weighted by atomic mass is 79.9. The highest BCUT2D eigenvalue weighted by Gasteiger charge is 2.18. The molecule has 0 amide bonds. The first-order valence-electron chi connectivity index (χ1n) is 6.37. The van der Waals surface area contributed by atoms with E-state index in [1.807, 2.05) is 51.1 Å². The smallest absolute Gasteiger partial charge is 0.175 e. The van der Waals surface area contributed by atoms with Gasteiger partial charge in [-0.2, -0.15) is 0 Å². The predicted molar refractivity (Wildman–Crippen MR) is 87.5 cm³/mol. The zero-order chi connectivity index (χ0) is 14.7. The summed E-state index contributed by atoms with van der Waals surface area (Å²) < 4.78 is 0.921. The van der Waals surface area contributed by atoms with Crippen molar-refractivity contribution in [2.45, 2.75) is 31.0 Å². The van der Waals surface area contributed by atoms with Crippen molar-refractivity contribution in [2.75, 3.05) is 0 Å². The number of halogens is 1. The molecule has 1 unspecified atom stereocenters. The lowest BCUT2D eigenvalue weighted by atomic mass is 10.0. The molecule has 2 aromatic rings. The summed E-state index contributed by atoms with van der Waals surface area (Å²) in [7, 11) is 0. The van der Waals surface area contributed by atoms with Gasteiger partial charge in [-0.15, -0.1) is 0 Å². The van der Waals surface area contributed by atoms with Gasteiger partial charge in [-0.3, -0.25) is 4.79 Å². The second-order valence-electron chi connectivity index (χ2n) is 4.71. The standard InChI is InChI=1S/C16H16BrNOS/c1-10-6-7-13(9-11(10)2)15(19)12(3)20-16-14(17)5-4-8-18-16/h4-9,12H,1-3H3. The Hall–Kier alpha value is -1.13. The molecule has 0 bridgehead atoms. The maximum absolute atomic E-state index is 12.5. The Bertz CT molecular complexity index is 642. The lowest BCUT2D eigenvalue weighted by Crippen LogP contribution is -2.14. The van der Waals surface area contributed by atoms with Crippen LogP contribution in [0.3, 0.4) is 0 Å². The summed E-state index contributed by atoms with van der Waals surface area (Å²) in [6.45, 7) is 6.00. The third-order valence-electron chi connectivity index (χ3n) is 3.17. The Labute approximate surface area is 132 Å². The number of carbonyl (C=O) groups is 1. The van der Waals surface area contributed by atoms with Gasteiger partial charge in [-0.05, 0) is 66.0 Å². The molecular formula is C16H16BrNOS. The first kappa shape index (κ1) is 15.3. The number of nitrogens with zero attached hydrogens (tertiary/aromatic N) is 1. The number of Topliss-reactive ketones (excluding diaryl/α,β-unsaturated/α-hetero) is 1. The van der Waals surface area contributed by atoms with E-state index in [0.29, 0.717) is 0 Å². The minimum Gasteiger partial charge on any atom is -0.293 e. The third-order valence-corrected chi connectivity index (χ3v) is 5.19. The fourth-order valence-electron chi connectivity index (χ4n) is 1.81. The quantitative estimate of drug-likeness (QED) is 0.585. The maximum atomic E-state index is 12.5. The average molecular weight is 350 g/mol. The Morgan fingerprint density at radius 3 is 2.65 bits per heavy atom. The van der Waals surface area contributed by atoms with Crippen LogP contribution in [0.25, 0.3) is 0 Å². The summed E-state index contributed by atoms with van der Waals surface area (Å²) in [4.78, 5) is 16.7. The molecule has 1 aromatic heterocycles. The summed E-state index contributed by atoms with van der Waals surface area (Å²) >= 11 is 4.93. The minimum absolute atomic E-state index is 0.135. The van der Waals surface area contributed by atoms with Gasteiger partial charge >= 0.3 is 0 Å². The van der Waals surface area contributed by atoms with E-state index in [0.717, 1.165) is 20.6 Å². The molecule has 0 fully saturated rings. The van der Waals surface area contributed by atoms with E-state index < -0.39 is 0 Å². The van der Waals surface area contributed by atoms with Crippen molar-refractivity contribution in [1.29, 1.82) is 0 Å². The monoisotopic (exact) mass is 349 g/mol. The highest BCUT2D eigenvalue weighted by Crippen LogP contribution is 2.30.